The van der Waals surface area contributed by atoms with Crippen LogP contribution in [-0.4, -0.2) is 68.0 Å². The van der Waals surface area contributed by atoms with E-state index in [1.54, 1.807) is 7.11 Å². The Labute approximate surface area is 190 Å². The van der Waals surface area contributed by atoms with Crippen molar-refractivity contribution in [3.8, 4) is 5.75 Å². The normalized spacial score (nSPS) is 19.4. The number of benzene rings is 2. The second kappa shape index (κ2) is 10.5. The summed E-state index contributed by atoms with van der Waals surface area (Å²) in [4.78, 5) is 32.3. The van der Waals surface area contributed by atoms with Gasteiger partial charge in [-0.1, -0.05) is 30.3 Å². The maximum Gasteiger partial charge on any atom is 0.227 e. The molecule has 2 saturated heterocycles. The molecule has 0 N–H and O–H groups in total. The number of nitrogens with zero attached hydrogens (tertiary/aromatic N) is 3. The summed E-state index contributed by atoms with van der Waals surface area (Å²) in [7, 11) is 1.67. The number of ether oxygens (including phenoxy) is 1. The number of amides is 2. The highest BCUT2D eigenvalue weighted by Gasteiger charge is 2.32. The molecule has 2 aromatic rings. The van der Waals surface area contributed by atoms with Gasteiger partial charge in [0.15, 0.2) is 0 Å². The molecule has 0 aliphatic carbocycles. The molecule has 6 heteroatoms. The Morgan fingerprint density at radius 2 is 1.62 bits per heavy atom. The highest BCUT2D eigenvalue weighted by molar-refractivity contribution is 5.82. The maximum absolute atomic E-state index is 13.3. The van der Waals surface area contributed by atoms with Crippen molar-refractivity contribution in [2.75, 3.05) is 51.3 Å². The first kappa shape index (κ1) is 22.2. The predicted octanol–water partition coefficient (Wildman–Crippen LogP) is 3.22. The lowest BCUT2D eigenvalue weighted by Gasteiger charge is -2.35. The zero-order valence-corrected chi connectivity index (χ0v) is 18.9. The van der Waals surface area contributed by atoms with Gasteiger partial charge in [0.25, 0.3) is 0 Å². The van der Waals surface area contributed by atoms with Crippen molar-refractivity contribution in [3.05, 3.63) is 60.2 Å². The molecule has 170 valence electrons. The summed E-state index contributed by atoms with van der Waals surface area (Å²) in [6.07, 6.45) is 3.11. The number of piperidine rings is 1. The molecular weight excluding hydrogens is 402 g/mol. The van der Waals surface area contributed by atoms with Crippen molar-refractivity contribution in [2.24, 2.45) is 5.92 Å². The van der Waals surface area contributed by atoms with E-state index in [0.29, 0.717) is 13.0 Å². The van der Waals surface area contributed by atoms with Gasteiger partial charge in [-0.2, -0.15) is 0 Å². The third-order valence-electron chi connectivity index (χ3n) is 6.57. The molecule has 0 radical (unpaired) electrons. The Bertz CT molecular complexity index is 900. The minimum absolute atomic E-state index is 0.0870. The van der Waals surface area contributed by atoms with Gasteiger partial charge in [0, 0.05) is 45.0 Å². The van der Waals surface area contributed by atoms with Crippen molar-refractivity contribution >= 4 is 17.5 Å². The van der Waals surface area contributed by atoms with Gasteiger partial charge in [-0.15, -0.1) is 0 Å². The van der Waals surface area contributed by atoms with Crippen LogP contribution < -0.4 is 9.64 Å². The van der Waals surface area contributed by atoms with Crippen LogP contribution in [0.25, 0.3) is 0 Å². The number of carbonyl (C=O) groups excluding carboxylic acids is 2. The fourth-order valence-electron chi connectivity index (χ4n) is 4.73. The molecule has 0 spiro atoms. The van der Waals surface area contributed by atoms with E-state index in [0.717, 1.165) is 69.0 Å². The monoisotopic (exact) mass is 435 g/mol. The number of methoxy groups -OCH3 is 1. The van der Waals surface area contributed by atoms with Gasteiger partial charge in [0.2, 0.25) is 11.8 Å². The van der Waals surface area contributed by atoms with Crippen LogP contribution in [0.15, 0.2) is 54.6 Å². The van der Waals surface area contributed by atoms with E-state index >= 15 is 0 Å². The second-order valence-electron chi connectivity index (χ2n) is 8.71. The topological polar surface area (TPSA) is 53.1 Å². The summed E-state index contributed by atoms with van der Waals surface area (Å²) in [5.41, 5.74) is 2.19. The minimum atomic E-state index is -0.0870. The van der Waals surface area contributed by atoms with Crippen LogP contribution in [0.1, 0.15) is 24.8 Å². The Kier molecular flexibility index (Phi) is 7.30. The molecule has 2 aromatic carbocycles. The first-order valence-electron chi connectivity index (χ1n) is 11.6. The zero-order valence-electron chi connectivity index (χ0n) is 18.9. The van der Waals surface area contributed by atoms with Crippen LogP contribution in [0, 0.1) is 5.92 Å². The molecule has 0 bridgehead atoms. The SMILES string of the molecule is COc1ccc(N2CCCN(C(=O)C3CCCN(C(=O)Cc4ccccc4)C3)CC2)cc1. The van der Waals surface area contributed by atoms with Crippen LogP contribution in [0.2, 0.25) is 0 Å². The molecule has 2 amide bonds. The van der Waals surface area contributed by atoms with E-state index in [-0.39, 0.29) is 17.7 Å². The molecule has 1 unspecified atom stereocenters. The summed E-state index contributed by atoms with van der Waals surface area (Å²) in [5, 5.41) is 0. The van der Waals surface area contributed by atoms with E-state index in [4.69, 9.17) is 4.74 Å². The van der Waals surface area contributed by atoms with Crippen LogP contribution in [-0.2, 0) is 16.0 Å². The fourth-order valence-corrected chi connectivity index (χ4v) is 4.73. The summed E-state index contributed by atoms with van der Waals surface area (Å²) >= 11 is 0. The average Bonchev–Trinajstić information content (AvgIpc) is 3.11. The Morgan fingerprint density at radius 1 is 0.875 bits per heavy atom. The highest BCUT2D eigenvalue weighted by Crippen LogP contribution is 2.23. The molecule has 0 aromatic heterocycles. The van der Waals surface area contributed by atoms with Crippen molar-refractivity contribution in [3.63, 3.8) is 0 Å². The van der Waals surface area contributed by atoms with Crippen molar-refractivity contribution < 1.29 is 14.3 Å². The van der Waals surface area contributed by atoms with Crippen LogP contribution in [0.3, 0.4) is 0 Å². The molecular formula is C26H33N3O3. The van der Waals surface area contributed by atoms with E-state index in [1.807, 2.05) is 52.3 Å². The largest absolute Gasteiger partial charge is 0.497 e. The first-order chi connectivity index (χ1) is 15.6. The highest BCUT2D eigenvalue weighted by atomic mass is 16.5. The van der Waals surface area contributed by atoms with Gasteiger partial charge in [0.1, 0.15) is 5.75 Å². The number of anilines is 1. The van der Waals surface area contributed by atoms with Crippen LogP contribution in [0.5, 0.6) is 5.75 Å². The van der Waals surface area contributed by atoms with Crippen LogP contribution in [0.4, 0.5) is 5.69 Å². The van der Waals surface area contributed by atoms with E-state index in [1.165, 1.54) is 0 Å². The first-order valence-corrected chi connectivity index (χ1v) is 11.6. The Hall–Kier alpha value is -3.02. The van der Waals surface area contributed by atoms with Gasteiger partial charge >= 0.3 is 0 Å². The predicted molar refractivity (Wildman–Crippen MR) is 126 cm³/mol. The number of hydrogen-bond acceptors (Lipinski definition) is 4. The second-order valence-corrected chi connectivity index (χ2v) is 8.71. The molecule has 2 aliphatic heterocycles. The van der Waals surface area contributed by atoms with Gasteiger partial charge in [-0.05, 0) is 49.1 Å². The number of hydrogen-bond donors (Lipinski definition) is 0. The maximum atomic E-state index is 13.3. The third kappa shape index (κ3) is 5.42. The molecule has 1 atom stereocenters. The number of carbonyl (C=O) groups is 2. The summed E-state index contributed by atoms with van der Waals surface area (Å²) in [6.45, 7) is 4.55. The molecule has 2 aliphatic rings. The summed E-state index contributed by atoms with van der Waals surface area (Å²) < 4.78 is 5.26. The van der Waals surface area contributed by atoms with Crippen molar-refractivity contribution in [1.82, 2.24) is 9.80 Å². The van der Waals surface area contributed by atoms with Gasteiger partial charge < -0.3 is 19.4 Å². The lowest BCUT2D eigenvalue weighted by Crippen LogP contribution is -2.47. The summed E-state index contributed by atoms with van der Waals surface area (Å²) in [6, 6.07) is 18.0. The van der Waals surface area contributed by atoms with Crippen LogP contribution >= 0.6 is 0 Å². The fraction of sp³-hybridized carbons (Fsp3) is 0.462. The quantitative estimate of drug-likeness (QED) is 0.724. The van der Waals surface area contributed by atoms with Gasteiger partial charge in [0.05, 0.1) is 19.4 Å². The van der Waals surface area contributed by atoms with E-state index in [9.17, 15) is 9.59 Å². The summed E-state index contributed by atoms with van der Waals surface area (Å²) in [5.74, 6) is 1.09. The smallest absolute Gasteiger partial charge is 0.227 e. The standard InChI is InChI=1S/C26H33N3O3/c1-32-24-12-10-23(11-13-24)27-15-6-16-28(18-17-27)26(31)22-9-5-14-29(20-22)25(30)19-21-7-3-2-4-8-21/h2-4,7-8,10-13,22H,5-6,9,14-20H2,1H3. The van der Waals surface area contributed by atoms with Crippen molar-refractivity contribution in [2.45, 2.75) is 25.7 Å². The molecule has 2 fully saturated rings. The molecule has 0 saturated carbocycles. The Balaban J connectivity index is 1.32. The zero-order chi connectivity index (χ0) is 22.3. The Morgan fingerprint density at radius 3 is 2.38 bits per heavy atom. The number of rotatable bonds is 5. The van der Waals surface area contributed by atoms with Gasteiger partial charge in [-0.25, -0.2) is 0 Å². The van der Waals surface area contributed by atoms with E-state index < -0.39 is 0 Å². The lowest BCUT2D eigenvalue weighted by molar-refractivity contribution is -0.140. The average molecular weight is 436 g/mol. The molecule has 2 heterocycles. The number of likely N-dealkylation sites (tertiary alicyclic amines) is 1. The third-order valence-corrected chi connectivity index (χ3v) is 6.57. The molecule has 6 nitrogen and oxygen atoms in total. The van der Waals surface area contributed by atoms with Gasteiger partial charge in [-0.3, -0.25) is 9.59 Å². The molecule has 4 rings (SSSR count). The van der Waals surface area contributed by atoms with E-state index in [2.05, 4.69) is 17.0 Å². The van der Waals surface area contributed by atoms with Crippen molar-refractivity contribution in [1.29, 1.82) is 0 Å². The minimum Gasteiger partial charge on any atom is -0.497 e. The molecule has 32 heavy (non-hydrogen) atoms. The lowest BCUT2D eigenvalue weighted by atomic mass is 9.95.